The van der Waals surface area contributed by atoms with Crippen molar-refractivity contribution < 1.29 is 4.92 Å². The van der Waals surface area contributed by atoms with Crippen LogP contribution < -0.4 is 4.90 Å². The van der Waals surface area contributed by atoms with Gasteiger partial charge in [-0.05, 0) is 29.8 Å². The number of nitrogens with zero attached hydrogens (tertiary/aromatic N) is 3. The summed E-state index contributed by atoms with van der Waals surface area (Å²) in [6.45, 7) is 5.28. The minimum absolute atomic E-state index is 0.0353. The van der Waals surface area contributed by atoms with Gasteiger partial charge < -0.3 is 4.90 Å². The maximum absolute atomic E-state index is 10.8. The van der Waals surface area contributed by atoms with E-state index in [9.17, 15) is 10.1 Å². The number of hydrogen-bond donors (Lipinski definition) is 0. The van der Waals surface area contributed by atoms with Crippen LogP contribution in [-0.4, -0.2) is 23.0 Å². The Morgan fingerprint density at radius 3 is 2.60 bits per heavy atom. The first kappa shape index (κ1) is 11.9. The third-order valence-corrected chi connectivity index (χ3v) is 2.51. The Balaban J connectivity index is 3.21. The molecule has 1 aromatic rings. The average molecular weight is 274 g/mol. The Kier molecular flexibility index (Phi) is 4.02. The predicted octanol–water partition coefficient (Wildman–Crippen LogP) is 2.60. The molecular formula is C9H12BrN3O2. The first-order valence-corrected chi connectivity index (χ1v) is 5.44. The molecule has 0 fully saturated rings. The van der Waals surface area contributed by atoms with Crippen molar-refractivity contribution in [2.75, 3.05) is 18.0 Å². The van der Waals surface area contributed by atoms with Crippen LogP contribution in [0.3, 0.4) is 0 Å². The van der Waals surface area contributed by atoms with Crippen LogP contribution in [0.2, 0.25) is 0 Å². The SMILES string of the molecule is CCN(CC)c1ncc(Br)cc1[N+](=O)[O-]. The lowest BCUT2D eigenvalue weighted by Crippen LogP contribution is -2.23. The summed E-state index contributed by atoms with van der Waals surface area (Å²) in [4.78, 5) is 16.3. The van der Waals surface area contributed by atoms with E-state index in [4.69, 9.17) is 0 Å². The van der Waals surface area contributed by atoms with Gasteiger partial charge in [0.05, 0.1) is 4.92 Å². The molecule has 1 heterocycles. The molecule has 0 aliphatic heterocycles. The first-order chi connectivity index (χ1) is 7.10. The van der Waals surface area contributed by atoms with Crippen molar-refractivity contribution in [3.63, 3.8) is 0 Å². The molecule has 15 heavy (non-hydrogen) atoms. The highest BCUT2D eigenvalue weighted by Gasteiger charge is 2.19. The van der Waals surface area contributed by atoms with Gasteiger partial charge in [-0.2, -0.15) is 0 Å². The summed E-state index contributed by atoms with van der Waals surface area (Å²) in [6.07, 6.45) is 1.57. The van der Waals surface area contributed by atoms with Crippen LogP contribution in [0.15, 0.2) is 16.7 Å². The van der Waals surface area contributed by atoms with E-state index in [0.717, 1.165) is 0 Å². The Labute approximate surface area is 96.4 Å². The van der Waals surface area contributed by atoms with Gasteiger partial charge in [-0.3, -0.25) is 10.1 Å². The summed E-state index contributed by atoms with van der Waals surface area (Å²) in [5.41, 5.74) is 0.0353. The van der Waals surface area contributed by atoms with Crippen molar-refractivity contribution in [1.29, 1.82) is 0 Å². The molecule has 0 amide bonds. The number of hydrogen-bond acceptors (Lipinski definition) is 4. The molecule has 0 aromatic carbocycles. The van der Waals surface area contributed by atoms with E-state index in [1.165, 1.54) is 6.07 Å². The number of halogens is 1. The Bertz CT molecular complexity index is 366. The number of anilines is 1. The third kappa shape index (κ3) is 2.65. The fourth-order valence-electron chi connectivity index (χ4n) is 1.32. The topological polar surface area (TPSA) is 59.3 Å². The normalized spacial score (nSPS) is 10.1. The molecular weight excluding hydrogens is 262 g/mol. The molecule has 1 rings (SSSR count). The zero-order valence-electron chi connectivity index (χ0n) is 8.61. The second kappa shape index (κ2) is 5.06. The lowest BCUT2D eigenvalue weighted by Gasteiger charge is -2.19. The zero-order chi connectivity index (χ0) is 11.4. The van der Waals surface area contributed by atoms with Crippen LogP contribution in [0.25, 0.3) is 0 Å². The summed E-state index contributed by atoms with van der Waals surface area (Å²) in [6, 6.07) is 1.47. The molecule has 0 aliphatic rings. The fourth-order valence-corrected chi connectivity index (χ4v) is 1.64. The Morgan fingerprint density at radius 2 is 2.13 bits per heavy atom. The van der Waals surface area contributed by atoms with Gasteiger partial charge in [0.1, 0.15) is 0 Å². The molecule has 5 nitrogen and oxygen atoms in total. The van der Waals surface area contributed by atoms with Crippen molar-refractivity contribution in [3.05, 3.63) is 26.9 Å². The molecule has 0 saturated heterocycles. The molecule has 0 spiro atoms. The maximum Gasteiger partial charge on any atom is 0.312 e. The van der Waals surface area contributed by atoms with Gasteiger partial charge in [-0.25, -0.2) is 4.98 Å². The quantitative estimate of drug-likeness (QED) is 0.625. The van der Waals surface area contributed by atoms with Gasteiger partial charge in [-0.15, -0.1) is 0 Å². The van der Waals surface area contributed by atoms with Gasteiger partial charge in [0.15, 0.2) is 0 Å². The third-order valence-electron chi connectivity index (χ3n) is 2.07. The number of pyridine rings is 1. The molecule has 0 bridgehead atoms. The van der Waals surface area contributed by atoms with Crippen molar-refractivity contribution >= 4 is 27.4 Å². The van der Waals surface area contributed by atoms with Crippen molar-refractivity contribution in [1.82, 2.24) is 4.98 Å². The smallest absolute Gasteiger partial charge is 0.312 e. The van der Waals surface area contributed by atoms with Crippen LogP contribution in [0.1, 0.15) is 13.8 Å². The maximum atomic E-state index is 10.8. The zero-order valence-corrected chi connectivity index (χ0v) is 10.2. The minimum Gasteiger partial charge on any atom is -0.351 e. The highest BCUT2D eigenvalue weighted by Crippen LogP contribution is 2.28. The molecule has 0 aliphatic carbocycles. The Hall–Kier alpha value is -1.17. The van der Waals surface area contributed by atoms with E-state index < -0.39 is 4.92 Å². The molecule has 6 heteroatoms. The monoisotopic (exact) mass is 273 g/mol. The summed E-state index contributed by atoms with van der Waals surface area (Å²) in [7, 11) is 0. The van der Waals surface area contributed by atoms with Crippen molar-refractivity contribution in [2.45, 2.75) is 13.8 Å². The van der Waals surface area contributed by atoms with E-state index in [2.05, 4.69) is 20.9 Å². The van der Waals surface area contributed by atoms with E-state index >= 15 is 0 Å². The van der Waals surface area contributed by atoms with Gasteiger partial charge in [-0.1, -0.05) is 0 Å². The lowest BCUT2D eigenvalue weighted by molar-refractivity contribution is -0.384. The van der Waals surface area contributed by atoms with Crippen LogP contribution in [0.4, 0.5) is 11.5 Å². The Morgan fingerprint density at radius 1 is 1.53 bits per heavy atom. The first-order valence-electron chi connectivity index (χ1n) is 4.65. The molecule has 0 N–H and O–H groups in total. The highest BCUT2D eigenvalue weighted by molar-refractivity contribution is 9.10. The number of aromatic nitrogens is 1. The second-order valence-corrected chi connectivity index (χ2v) is 3.84. The van der Waals surface area contributed by atoms with E-state index in [-0.39, 0.29) is 5.69 Å². The van der Waals surface area contributed by atoms with Crippen LogP contribution >= 0.6 is 15.9 Å². The minimum atomic E-state index is -0.411. The molecule has 0 unspecified atom stereocenters. The van der Waals surface area contributed by atoms with Crippen LogP contribution in [-0.2, 0) is 0 Å². The van der Waals surface area contributed by atoms with Gasteiger partial charge >= 0.3 is 5.69 Å². The average Bonchev–Trinajstić information content (AvgIpc) is 2.21. The molecule has 1 aromatic heterocycles. The van der Waals surface area contributed by atoms with Crippen LogP contribution in [0.5, 0.6) is 0 Å². The summed E-state index contributed by atoms with van der Waals surface area (Å²) in [5.74, 6) is 0.424. The summed E-state index contributed by atoms with van der Waals surface area (Å²) >= 11 is 3.17. The fraction of sp³-hybridized carbons (Fsp3) is 0.444. The van der Waals surface area contributed by atoms with E-state index in [1.807, 2.05) is 18.7 Å². The molecule has 0 radical (unpaired) electrons. The predicted molar refractivity (Wildman–Crippen MR) is 62.2 cm³/mol. The highest BCUT2D eigenvalue weighted by atomic mass is 79.9. The van der Waals surface area contributed by atoms with Crippen molar-refractivity contribution in [3.8, 4) is 0 Å². The van der Waals surface area contributed by atoms with Gasteiger partial charge in [0, 0.05) is 29.8 Å². The van der Waals surface area contributed by atoms with Crippen LogP contribution in [0, 0.1) is 10.1 Å². The summed E-state index contributed by atoms with van der Waals surface area (Å²) < 4.78 is 0.616. The molecule has 0 saturated carbocycles. The largest absolute Gasteiger partial charge is 0.351 e. The number of nitro groups is 1. The van der Waals surface area contributed by atoms with Gasteiger partial charge in [0.2, 0.25) is 5.82 Å². The van der Waals surface area contributed by atoms with E-state index in [1.54, 1.807) is 6.20 Å². The molecule has 82 valence electrons. The molecule has 0 atom stereocenters. The second-order valence-electron chi connectivity index (χ2n) is 2.93. The standard InChI is InChI=1S/C9H12BrN3O2/c1-3-12(4-2)9-8(13(14)15)5-7(10)6-11-9/h5-6H,3-4H2,1-2H3. The number of rotatable bonds is 4. The van der Waals surface area contributed by atoms with Crippen molar-refractivity contribution in [2.24, 2.45) is 0 Å². The van der Waals surface area contributed by atoms with E-state index in [0.29, 0.717) is 23.4 Å². The lowest BCUT2D eigenvalue weighted by atomic mass is 10.3. The summed E-state index contributed by atoms with van der Waals surface area (Å²) in [5, 5.41) is 10.8. The van der Waals surface area contributed by atoms with Gasteiger partial charge in [0.25, 0.3) is 0 Å².